The second-order valence-electron chi connectivity index (χ2n) is 5.69. The van der Waals surface area contributed by atoms with Crippen molar-refractivity contribution in [3.8, 4) is 0 Å². The molecule has 0 bridgehead atoms. The molecule has 0 amide bonds. The standard InChI is InChI=1S/C20H21FN2O2/c21-16-20(19(24)25,23-15-18-10-5-2-6-11-18)12-7-13-22-14-17-8-3-1-4-9-17/h1-6,8-11,14-15H,7,12-13,16H2,(H,24,25)/b22-14+,23-15+. The fraction of sp³-hybridized carbons (Fsp3) is 0.250. The van der Waals surface area contributed by atoms with Crippen molar-refractivity contribution in [2.75, 3.05) is 13.2 Å². The van der Waals surface area contributed by atoms with Crippen molar-refractivity contribution in [1.82, 2.24) is 0 Å². The number of aliphatic carboxylic acids is 1. The molecule has 0 fully saturated rings. The van der Waals surface area contributed by atoms with Gasteiger partial charge >= 0.3 is 5.97 Å². The van der Waals surface area contributed by atoms with Gasteiger partial charge in [-0.05, 0) is 24.0 Å². The van der Waals surface area contributed by atoms with E-state index in [-0.39, 0.29) is 6.42 Å². The predicted molar refractivity (Wildman–Crippen MR) is 98.5 cm³/mol. The van der Waals surface area contributed by atoms with Gasteiger partial charge in [-0.15, -0.1) is 0 Å². The molecular formula is C20H21FN2O2. The molecule has 1 atom stereocenters. The van der Waals surface area contributed by atoms with E-state index in [1.54, 1.807) is 18.3 Å². The summed E-state index contributed by atoms with van der Waals surface area (Å²) in [6, 6.07) is 18.7. The molecule has 2 aromatic carbocycles. The van der Waals surface area contributed by atoms with Crippen LogP contribution in [0.2, 0.25) is 0 Å². The summed E-state index contributed by atoms with van der Waals surface area (Å²) in [7, 11) is 0. The van der Waals surface area contributed by atoms with Gasteiger partial charge in [0.05, 0.1) is 0 Å². The highest BCUT2D eigenvalue weighted by molar-refractivity contribution is 5.86. The lowest BCUT2D eigenvalue weighted by Gasteiger charge is -2.21. The minimum Gasteiger partial charge on any atom is -0.479 e. The highest BCUT2D eigenvalue weighted by atomic mass is 19.1. The molecule has 25 heavy (non-hydrogen) atoms. The van der Waals surface area contributed by atoms with E-state index in [9.17, 15) is 14.3 Å². The van der Waals surface area contributed by atoms with Crippen molar-refractivity contribution >= 4 is 18.4 Å². The van der Waals surface area contributed by atoms with Crippen LogP contribution in [0.4, 0.5) is 4.39 Å². The van der Waals surface area contributed by atoms with Gasteiger partial charge in [0.1, 0.15) is 6.67 Å². The zero-order chi connectivity index (χ0) is 18.0. The molecule has 0 aromatic heterocycles. The molecule has 2 aromatic rings. The van der Waals surface area contributed by atoms with Crippen molar-refractivity contribution in [1.29, 1.82) is 0 Å². The summed E-state index contributed by atoms with van der Waals surface area (Å²) in [5.74, 6) is -1.26. The average molecular weight is 340 g/mol. The van der Waals surface area contributed by atoms with Crippen molar-refractivity contribution < 1.29 is 14.3 Å². The first kappa shape index (κ1) is 18.5. The minimum atomic E-state index is -1.75. The van der Waals surface area contributed by atoms with Crippen LogP contribution >= 0.6 is 0 Å². The summed E-state index contributed by atoms with van der Waals surface area (Å²) < 4.78 is 13.5. The lowest BCUT2D eigenvalue weighted by atomic mass is 9.95. The van der Waals surface area contributed by atoms with Crippen LogP contribution in [0.15, 0.2) is 70.6 Å². The van der Waals surface area contributed by atoms with E-state index in [2.05, 4.69) is 9.98 Å². The van der Waals surface area contributed by atoms with Gasteiger partial charge < -0.3 is 5.11 Å². The van der Waals surface area contributed by atoms with Crippen LogP contribution < -0.4 is 0 Å². The van der Waals surface area contributed by atoms with Crippen LogP contribution in [0.5, 0.6) is 0 Å². The number of halogens is 1. The van der Waals surface area contributed by atoms with Crippen LogP contribution in [0.3, 0.4) is 0 Å². The van der Waals surface area contributed by atoms with Crippen LogP contribution in [0.1, 0.15) is 24.0 Å². The largest absolute Gasteiger partial charge is 0.479 e. The Morgan fingerprint density at radius 3 is 2.08 bits per heavy atom. The molecule has 0 radical (unpaired) electrons. The van der Waals surface area contributed by atoms with E-state index in [1.165, 1.54) is 6.21 Å². The number of benzene rings is 2. The van der Waals surface area contributed by atoms with Crippen molar-refractivity contribution in [3.63, 3.8) is 0 Å². The quantitative estimate of drug-likeness (QED) is 0.557. The number of carboxylic acid groups (broad SMARTS) is 1. The van der Waals surface area contributed by atoms with E-state index < -0.39 is 18.2 Å². The highest BCUT2D eigenvalue weighted by Gasteiger charge is 2.37. The second kappa shape index (κ2) is 9.47. The summed E-state index contributed by atoms with van der Waals surface area (Å²) >= 11 is 0. The molecule has 4 nitrogen and oxygen atoms in total. The molecule has 130 valence electrons. The number of aliphatic imine (C=N–C) groups is 2. The fourth-order valence-electron chi connectivity index (χ4n) is 2.29. The maximum absolute atomic E-state index is 13.5. The molecular weight excluding hydrogens is 319 g/mol. The molecule has 0 spiro atoms. The van der Waals surface area contributed by atoms with Gasteiger partial charge in [-0.1, -0.05) is 60.7 Å². The lowest BCUT2D eigenvalue weighted by Crippen LogP contribution is -2.39. The summed E-state index contributed by atoms with van der Waals surface area (Å²) in [4.78, 5) is 19.9. The SMILES string of the molecule is O=C(O)C(CF)(CCC/N=C/c1ccccc1)/N=C/c1ccccc1. The fourth-order valence-corrected chi connectivity index (χ4v) is 2.29. The van der Waals surface area contributed by atoms with Crippen LogP contribution in [0.25, 0.3) is 0 Å². The van der Waals surface area contributed by atoms with Gasteiger partial charge in [0, 0.05) is 19.0 Å². The minimum absolute atomic E-state index is 0.0916. The second-order valence-corrected chi connectivity index (χ2v) is 5.69. The molecule has 0 heterocycles. The number of nitrogens with zero attached hydrogens (tertiary/aromatic N) is 2. The van der Waals surface area contributed by atoms with Gasteiger partial charge in [-0.25, -0.2) is 9.18 Å². The zero-order valence-corrected chi connectivity index (χ0v) is 13.9. The number of hydrogen-bond acceptors (Lipinski definition) is 3. The van der Waals surface area contributed by atoms with Crippen molar-refractivity contribution in [2.45, 2.75) is 18.4 Å². The first-order valence-electron chi connectivity index (χ1n) is 8.11. The first-order chi connectivity index (χ1) is 12.2. The Hall–Kier alpha value is -2.82. The van der Waals surface area contributed by atoms with Crippen LogP contribution in [-0.4, -0.2) is 42.3 Å². The third-order valence-corrected chi connectivity index (χ3v) is 3.80. The van der Waals surface area contributed by atoms with Crippen LogP contribution in [-0.2, 0) is 4.79 Å². The summed E-state index contributed by atoms with van der Waals surface area (Å²) in [5, 5.41) is 9.44. The Morgan fingerprint density at radius 2 is 1.56 bits per heavy atom. The van der Waals surface area contributed by atoms with E-state index in [4.69, 9.17) is 0 Å². The number of rotatable bonds is 9. The third kappa shape index (κ3) is 5.64. The van der Waals surface area contributed by atoms with Gasteiger partial charge in [0.25, 0.3) is 0 Å². The molecule has 1 unspecified atom stereocenters. The van der Waals surface area contributed by atoms with Crippen molar-refractivity contribution in [2.24, 2.45) is 9.98 Å². The summed E-state index contributed by atoms with van der Waals surface area (Å²) in [6.07, 6.45) is 3.67. The topological polar surface area (TPSA) is 62.0 Å². The highest BCUT2D eigenvalue weighted by Crippen LogP contribution is 2.20. The van der Waals surface area contributed by atoms with E-state index in [0.29, 0.717) is 13.0 Å². The number of hydrogen-bond donors (Lipinski definition) is 1. The van der Waals surface area contributed by atoms with E-state index in [0.717, 1.165) is 11.1 Å². The number of alkyl halides is 1. The van der Waals surface area contributed by atoms with Gasteiger partial charge in [-0.3, -0.25) is 9.98 Å². The Labute approximate surface area is 146 Å². The van der Waals surface area contributed by atoms with Gasteiger partial charge in [0.2, 0.25) is 0 Å². The van der Waals surface area contributed by atoms with Crippen molar-refractivity contribution in [3.05, 3.63) is 71.8 Å². The average Bonchev–Trinajstić information content (AvgIpc) is 2.65. The molecule has 0 saturated carbocycles. The molecule has 5 heteroatoms. The normalized spacial score (nSPS) is 14.0. The summed E-state index contributed by atoms with van der Waals surface area (Å²) in [6.45, 7) is -0.626. The van der Waals surface area contributed by atoms with Crippen LogP contribution in [0, 0.1) is 0 Å². The molecule has 1 N–H and O–H groups in total. The molecule has 0 aliphatic heterocycles. The zero-order valence-electron chi connectivity index (χ0n) is 13.9. The maximum atomic E-state index is 13.5. The molecule has 0 saturated heterocycles. The number of carbonyl (C=O) groups is 1. The van der Waals surface area contributed by atoms with E-state index in [1.807, 2.05) is 48.5 Å². The van der Waals surface area contributed by atoms with Gasteiger partial charge in [-0.2, -0.15) is 0 Å². The third-order valence-electron chi connectivity index (χ3n) is 3.80. The monoisotopic (exact) mass is 340 g/mol. The Morgan fingerprint density at radius 1 is 1.00 bits per heavy atom. The molecule has 2 rings (SSSR count). The lowest BCUT2D eigenvalue weighted by molar-refractivity contribution is -0.144. The predicted octanol–water partition coefficient (Wildman–Crippen LogP) is 3.80. The maximum Gasteiger partial charge on any atom is 0.334 e. The van der Waals surface area contributed by atoms with E-state index >= 15 is 0 Å². The summed E-state index contributed by atoms with van der Waals surface area (Å²) in [5.41, 5.74) is -0.0405. The Balaban J connectivity index is 1.96. The number of carboxylic acids is 1. The Bertz CT molecular complexity index is 717. The molecule has 0 aliphatic carbocycles. The first-order valence-corrected chi connectivity index (χ1v) is 8.11. The smallest absolute Gasteiger partial charge is 0.334 e. The van der Waals surface area contributed by atoms with Gasteiger partial charge in [0.15, 0.2) is 5.54 Å². The molecule has 0 aliphatic rings. The Kier molecular flexibility index (Phi) is 7.01.